The van der Waals surface area contributed by atoms with Crippen LogP contribution >= 0.6 is 0 Å². The van der Waals surface area contributed by atoms with Gasteiger partial charge in [0.15, 0.2) is 5.78 Å². The quantitative estimate of drug-likeness (QED) is 0.170. The molecule has 5 saturated carbocycles. The van der Waals surface area contributed by atoms with E-state index in [9.17, 15) is 34.2 Å². The second-order valence-corrected chi connectivity index (χ2v) is 23.1. The van der Waals surface area contributed by atoms with Crippen LogP contribution in [0.5, 0.6) is 0 Å². The van der Waals surface area contributed by atoms with Gasteiger partial charge in [-0.15, -0.1) is 0 Å². The smallest absolute Gasteiger partial charge is 0.309 e. The van der Waals surface area contributed by atoms with E-state index in [0.717, 1.165) is 56.1 Å². The van der Waals surface area contributed by atoms with Gasteiger partial charge >= 0.3 is 11.9 Å². The molecule has 1 aromatic heterocycles. The zero-order valence-electron chi connectivity index (χ0n) is 38.9. The highest BCUT2D eigenvalue weighted by Gasteiger charge is 2.71. The van der Waals surface area contributed by atoms with Gasteiger partial charge in [-0.1, -0.05) is 74.0 Å². The molecule has 6 aliphatic rings. The van der Waals surface area contributed by atoms with Crippen LogP contribution in [-0.2, 0) is 23.9 Å². The fourth-order valence-electron chi connectivity index (χ4n) is 14.9. The average Bonchev–Trinajstić information content (AvgIpc) is 3.47. The lowest BCUT2D eigenvalue weighted by atomic mass is 9.33. The van der Waals surface area contributed by atoms with Gasteiger partial charge in [0.25, 0.3) is 5.91 Å². The molecule has 11 heteroatoms. The Balaban J connectivity index is 1.10. The first-order valence-corrected chi connectivity index (χ1v) is 23.1. The molecule has 0 saturated heterocycles. The minimum Gasteiger partial charge on any atom is -0.481 e. The summed E-state index contributed by atoms with van der Waals surface area (Å²) in [6.45, 7) is 25.0. The molecular weight excluding hydrogens is 771 g/mol. The third-order valence-corrected chi connectivity index (χ3v) is 18.7. The van der Waals surface area contributed by atoms with E-state index in [1.54, 1.807) is 39.0 Å². The summed E-state index contributed by atoms with van der Waals surface area (Å²) in [4.78, 5) is 70.7. The lowest BCUT2D eigenvalue weighted by Gasteiger charge is -2.72. The number of Topliss-reactive ketones (excluding diaryl/α,β-unsaturated/α-hetero) is 1. The van der Waals surface area contributed by atoms with Crippen molar-refractivity contribution in [2.45, 2.75) is 165 Å². The monoisotopic (exact) mass is 844 g/mol. The first kappa shape index (κ1) is 45.4. The van der Waals surface area contributed by atoms with Crippen molar-refractivity contribution in [1.82, 2.24) is 15.6 Å². The van der Waals surface area contributed by atoms with E-state index >= 15 is 0 Å². The predicted octanol–water partition coefficient (Wildman–Crippen LogP) is 8.01. The number of hydrogen-bond acceptors (Lipinski definition) is 8. The van der Waals surface area contributed by atoms with E-state index < -0.39 is 52.1 Å². The van der Waals surface area contributed by atoms with Crippen LogP contribution in [0, 0.1) is 74.9 Å². The van der Waals surface area contributed by atoms with Crippen molar-refractivity contribution >= 4 is 29.5 Å². The lowest BCUT2D eigenvalue weighted by Crippen LogP contribution is -2.66. The number of aliphatic carboxylic acids is 1. The molecule has 336 valence electrons. The van der Waals surface area contributed by atoms with E-state index in [1.807, 2.05) is 13.8 Å². The molecule has 0 unspecified atom stereocenters. The van der Waals surface area contributed by atoms with E-state index in [-0.39, 0.29) is 70.0 Å². The van der Waals surface area contributed by atoms with Gasteiger partial charge < -0.3 is 25.6 Å². The third kappa shape index (κ3) is 6.82. The Hall–Kier alpha value is -3.60. The number of hydrogen-bond donors (Lipinski definition) is 4. The van der Waals surface area contributed by atoms with Gasteiger partial charge in [0.2, 0.25) is 5.91 Å². The fraction of sp³-hybridized carbons (Fsp3) is 0.760. The number of esters is 1. The zero-order valence-corrected chi connectivity index (χ0v) is 38.9. The van der Waals surface area contributed by atoms with Gasteiger partial charge in [-0.05, 0) is 142 Å². The minimum atomic E-state index is -1.28. The highest BCUT2D eigenvalue weighted by atomic mass is 16.5. The number of amides is 2. The maximum Gasteiger partial charge on any atom is 0.309 e. The number of carboxylic acid groups (broad SMARTS) is 1. The van der Waals surface area contributed by atoms with Crippen LogP contribution in [0.15, 0.2) is 29.3 Å². The van der Waals surface area contributed by atoms with Gasteiger partial charge in [0.1, 0.15) is 17.3 Å². The molecule has 0 bridgehead atoms. The van der Waals surface area contributed by atoms with Crippen LogP contribution in [0.1, 0.15) is 157 Å². The number of ketones is 1. The van der Waals surface area contributed by atoms with Crippen molar-refractivity contribution in [2.75, 3.05) is 6.54 Å². The number of aromatic nitrogens is 1. The molecule has 0 spiro atoms. The van der Waals surface area contributed by atoms with Gasteiger partial charge in [0.05, 0.1) is 17.9 Å². The number of fused-ring (bicyclic) bond motifs is 7. The number of aliphatic hydroxyl groups excluding tert-OH is 1. The minimum absolute atomic E-state index is 0.00371. The third-order valence-electron chi connectivity index (χ3n) is 18.7. The SMILES string of the molecule is Cc1cccc(C(=O)NC(C)(C)C(=O)NC[C@H](O)[C@@]23CC[C@]4(C)[C@H](CC[C@@H]5[C@@]6(C)CC[C@H](OC(=O)[C@H]7C[C@@H](C(=O)O)C7(C)C)C(C)(C)[C@@H]6CC[C@]54C)C2=C(C(C)C)C(=O)C3)n1. The molecule has 2 amide bonds. The predicted molar refractivity (Wildman–Crippen MR) is 232 cm³/mol. The molecular formula is C50H73N3O8. The number of carboxylic acids is 1. The van der Waals surface area contributed by atoms with E-state index in [2.05, 4.69) is 64.1 Å². The van der Waals surface area contributed by atoms with Crippen molar-refractivity contribution in [3.63, 3.8) is 0 Å². The number of carbonyl (C=O) groups excluding carboxylic acids is 4. The van der Waals surface area contributed by atoms with Gasteiger partial charge in [-0.2, -0.15) is 0 Å². The number of nitrogens with zero attached hydrogens (tertiary/aromatic N) is 1. The van der Waals surface area contributed by atoms with Crippen LogP contribution in [0.25, 0.3) is 0 Å². The lowest BCUT2D eigenvalue weighted by molar-refractivity contribution is -0.238. The standard InChI is InChI=1S/C50H73N3O8/c1-27(2)38-33(54)25-50(36(55)26-51-43(60)46(8,9)53-40(56)32-15-13-14-28(3)52-32)23-22-48(11)29(39(38)50)16-17-35-47(10)20-19-37(45(6,7)34(47)18-21-49(35,48)12)61-42(59)31-24-30(41(57)58)44(31,4)5/h13-15,27,29-31,34-37,55H,16-26H2,1-12H3,(H,51,60)(H,53,56)(H,57,58)/t29-,30+,31-,34+,35-,36+,37+,47+,48-,49-,50+/m1/s1. The van der Waals surface area contributed by atoms with Crippen LogP contribution < -0.4 is 10.6 Å². The fourth-order valence-corrected chi connectivity index (χ4v) is 14.9. The number of carbonyl (C=O) groups is 5. The van der Waals surface area contributed by atoms with Gasteiger partial charge in [-0.25, -0.2) is 4.98 Å². The molecule has 7 rings (SSSR count). The van der Waals surface area contributed by atoms with Crippen LogP contribution in [0.4, 0.5) is 0 Å². The summed E-state index contributed by atoms with van der Waals surface area (Å²) in [5, 5.41) is 27.8. The Morgan fingerprint density at radius 1 is 0.885 bits per heavy atom. The second kappa shape index (κ2) is 15.0. The molecule has 0 radical (unpaired) electrons. The van der Waals surface area contributed by atoms with Crippen molar-refractivity contribution in [3.8, 4) is 0 Å². The van der Waals surface area contributed by atoms with Crippen LogP contribution in [0.3, 0.4) is 0 Å². The highest BCUT2D eigenvalue weighted by molar-refractivity contribution is 6.01. The molecule has 0 aliphatic heterocycles. The topological polar surface area (TPSA) is 172 Å². The number of nitrogens with one attached hydrogen (secondary N) is 2. The number of allylic oxidation sites excluding steroid dienone is 1. The number of aliphatic hydroxyl groups is 1. The maximum absolute atomic E-state index is 14.2. The molecule has 6 aliphatic carbocycles. The molecule has 1 aromatic rings. The summed E-state index contributed by atoms with van der Waals surface area (Å²) < 4.78 is 6.41. The van der Waals surface area contributed by atoms with Crippen molar-refractivity contribution in [1.29, 1.82) is 0 Å². The molecule has 11 atom stereocenters. The summed E-state index contributed by atoms with van der Waals surface area (Å²) >= 11 is 0. The van der Waals surface area contributed by atoms with Crippen LogP contribution in [0.2, 0.25) is 0 Å². The van der Waals surface area contributed by atoms with Crippen molar-refractivity contribution in [3.05, 3.63) is 40.7 Å². The Morgan fingerprint density at radius 3 is 2.20 bits per heavy atom. The van der Waals surface area contributed by atoms with Gasteiger partial charge in [-0.3, -0.25) is 24.0 Å². The highest BCUT2D eigenvalue weighted by Crippen LogP contribution is 2.77. The zero-order chi connectivity index (χ0) is 45.0. The Bertz CT molecular complexity index is 2040. The average molecular weight is 844 g/mol. The molecule has 11 nitrogen and oxygen atoms in total. The Kier molecular flexibility index (Phi) is 11.2. The number of ether oxygens (including phenoxy) is 1. The number of rotatable bonds is 10. The van der Waals surface area contributed by atoms with E-state index in [1.165, 1.54) is 0 Å². The second-order valence-electron chi connectivity index (χ2n) is 23.1. The Morgan fingerprint density at radius 2 is 1.57 bits per heavy atom. The number of aryl methyl sites for hydroxylation is 1. The van der Waals surface area contributed by atoms with E-state index in [0.29, 0.717) is 30.4 Å². The van der Waals surface area contributed by atoms with Gasteiger partial charge in [0, 0.05) is 29.5 Å². The van der Waals surface area contributed by atoms with Crippen molar-refractivity contribution in [2.24, 2.45) is 68.0 Å². The summed E-state index contributed by atoms with van der Waals surface area (Å²) in [7, 11) is 0. The summed E-state index contributed by atoms with van der Waals surface area (Å²) in [5.74, 6) is -1.96. The molecule has 61 heavy (non-hydrogen) atoms. The summed E-state index contributed by atoms with van der Waals surface area (Å²) in [6, 6.07) is 5.16. The summed E-state index contributed by atoms with van der Waals surface area (Å²) in [6.07, 6.45) is 6.54. The maximum atomic E-state index is 14.2. The van der Waals surface area contributed by atoms with Crippen molar-refractivity contribution < 1.29 is 38.9 Å². The van der Waals surface area contributed by atoms with Crippen LogP contribution in [-0.4, -0.2) is 69.0 Å². The normalized spacial score (nSPS) is 37.9. The summed E-state index contributed by atoms with van der Waals surface area (Å²) in [5.41, 5.74) is -0.200. The molecule has 0 aromatic carbocycles. The molecule has 1 heterocycles. The molecule has 4 N–H and O–H groups in total. The largest absolute Gasteiger partial charge is 0.481 e. The first-order valence-electron chi connectivity index (χ1n) is 23.1. The van der Waals surface area contributed by atoms with E-state index in [4.69, 9.17) is 4.74 Å². The molecule has 5 fully saturated rings. The number of pyridine rings is 1. The first-order chi connectivity index (χ1) is 28.2. The Labute approximate surface area is 363 Å².